The SMILES string of the molecule is C[C@@H]1C[C@H](C)n2ncnc2N1C(=O)c1cc(F)cc2cccnc12. The molecule has 2 aromatic heterocycles. The zero-order valence-corrected chi connectivity index (χ0v) is 13.3. The Balaban J connectivity index is 1.87. The van der Waals surface area contributed by atoms with Crippen LogP contribution in [0.15, 0.2) is 36.8 Å². The van der Waals surface area contributed by atoms with Crippen molar-refractivity contribution in [1.29, 1.82) is 0 Å². The minimum Gasteiger partial charge on any atom is -0.274 e. The Labute approximate surface area is 137 Å². The van der Waals surface area contributed by atoms with Gasteiger partial charge in [-0.1, -0.05) is 6.07 Å². The van der Waals surface area contributed by atoms with E-state index in [0.717, 1.165) is 6.42 Å². The van der Waals surface area contributed by atoms with E-state index in [1.54, 1.807) is 27.9 Å². The summed E-state index contributed by atoms with van der Waals surface area (Å²) in [6, 6.07) is 6.17. The molecule has 0 unspecified atom stereocenters. The summed E-state index contributed by atoms with van der Waals surface area (Å²) in [4.78, 5) is 23.3. The molecule has 0 spiro atoms. The summed E-state index contributed by atoms with van der Waals surface area (Å²) in [6.45, 7) is 4.00. The lowest BCUT2D eigenvalue weighted by Crippen LogP contribution is -2.45. The Bertz CT molecular complexity index is 938. The number of hydrogen-bond acceptors (Lipinski definition) is 4. The molecule has 2 atom stereocenters. The molecular formula is C17H16FN5O. The zero-order valence-electron chi connectivity index (χ0n) is 13.3. The molecule has 1 aliphatic heterocycles. The van der Waals surface area contributed by atoms with Crippen molar-refractivity contribution in [2.75, 3.05) is 4.90 Å². The second-order valence-corrected chi connectivity index (χ2v) is 6.14. The largest absolute Gasteiger partial charge is 0.274 e. The summed E-state index contributed by atoms with van der Waals surface area (Å²) < 4.78 is 15.7. The van der Waals surface area contributed by atoms with Gasteiger partial charge in [0.05, 0.1) is 17.1 Å². The number of rotatable bonds is 1. The van der Waals surface area contributed by atoms with Crippen molar-refractivity contribution in [1.82, 2.24) is 19.7 Å². The van der Waals surface area contributed by atoms with Crippen molar-refractivity contribution in [3.05, 3.63) is 48.2 Å². The average Bonchev–Trinajstić information content (AvgIpc) is 3.03. The van der Waals surface area contributed by atoms with Gasteiger partial charge < -0.3 is 0 Å². The van der Waals surface area contributed by atoms with Crippen LogP contribution in [0.2, 0.25) is 0 Å². The van der Waals surface area contributed by atoms with Crippen molar-refractivity contribution in [2.24, 2.45) is 0 Å². The van der Waals surface area contributed by atoms with Crippen molar-refractivity contribution in [3.8, 4) is 0 Å². The number of halogens is 1. The second kappa shape index (κ2) is 5.36. The topological polar surface area (TPSA) is 63.9 Å². The predicted octanol–water partition coefficient (Wildman–Crippen LogP) is 2.97. The molecule has 122 valence electrons. The normalized spacial score (nSPS) is 20.2. The summed E-state index contributed by atoms with van der Waals surface area (Å²) >= 11 is 0. The first-order chi connectivity index (χ1) is 11.6. The number of hydrogen-bond donors (Lipinski definition) is 0. The third-order valence-electron chi connectivity index (χ3n) is 4.43. The number of benzene rings is 1. The molecule has 4 rings (SSSR count). The number of carbonyl (C=O) groups excluding carboxylic acids is 1. The molecule has 3 heterocycles. The van der Waals surface area contributed by atoms with Crippen molar-refractivity contribution >= 4 is 22.8 Å². The highest BCUT2D eigenvalue weighted by Gasteiger charge is 2.35. The molecule has 0 saturated carbocycles. The molecular weight excluding hydrogens is 309 g/mol. The maximum atomic E-state index is 14.0. The summed E-state index contributed by atoms with van der Waals surface area (Å²) in [5.74, 6) is -0.287. The first-order valence-electron chi connectivity index (χ1n) is 7.83. The fourth-order valence-electron chi connectivity index (χ4n) is 3.36. The molecule has 0 radical (unpaired) electrons. The average molecular weight is 325 g/mol. The van der Waals surface area contributed by atoms with Crippen LogP contribution in [0, 0.1) is 5.82 Å². The lowest BCUT2D eigenvalue weighted by Gasteiger charge is -2.35. The quantitative estimate of drug-likeness (QED) is 0.690. The molecule has 1 amide bonds. The lowest BCUT2D eigenvalue weighted by molar-refractivity contribution is 0.0966. The van der Waals surface area contributed by atoms with E-state index >= 15 is 0 Å². The molecule has 0 saturated heterocycles. The minimum atomic E-state index is -0.460. The van der Waals surface area contributed by atoms with Gasteiger partial charge in [0, 0.05) is 17.6 Å². The maximum absolute atomic E-state index is 14.0. The molecule has 0 bridgehead atoms. The number of anilines is 1. The van der Waals surface area contributed by atoms with Gasteiger partial charge in [0.25, 0.3) is 5.91 Å². The highest BCUT2D eigenvalue weighted by atomic mass is 19.1. The van der Waals surface area contributed by atoms with Gasteiger partial charge in [-0.3, -0.25) is 14.7 Å². The fraction of sp³-hybridized carbons (Fsp3) is 0.294. The summed E-state index contributed by atoms with van der Waals surface area (Å²) in [5.41, 5.74) is 0.724. The van der Waals surface area contributed by atoms with Gasteiger partial charge in [0.2, 0.25) is 5.95 Å². The van der Waals surface area contributed by atoms with Crippen LogP contribution in [0.5, 0.6) is 0 Å². The Hall–Kier alpha value is -2.83. The molecule has 1 aliphatic rings. The van der Waals surface area contributed by atoms with Crippen molar-refractivity contribution < 1.29 is 9.18 Å². The molecule has 24 heavy (non-hydrogen) atoms. The van der Waals surface area contributed by atoms with Crippen molar-refractivity contribution in [3.63, 3.8) is 0 Å². The van der Waals surface area contributed by atoms with Crippen LogP contribution in [-0.4, -0.2) is 31.7 Å². The number of pyridine rings is 1. The Morgan fingerprint density at radius 1 is 1.25 bits per heavy atom. The molecule has 1 aromatic carbocycles. The van der Waals surface area contributed by atoms with E-state index in [-0.39, 0.29) is 23.6 Å². The first-order valence-corrected chi connectivity index (χ1v) is 7.83. The van der Waals surface area contributed by atoms with E-state index in [9.17, 15) is 9.18 Å². The predicted molar refractivity (Wildman–Crippen MR) is 87.3 cm³/mol. The number of nitrogens with zero attached hydrogens (tertiary/aromatic N) is 5. The van der Waals surface area contributed by atoms with E-state index in [2.05, 4.69) is 15.1 Å². The van der Waals surface area contributed by atoms with Crippen LogP contribution in [0.4, 0.5) is 10.3 Å². The van der Waals surface area contributed by atoms with Gasteiger partial charge in [-0.2, -0.15) is 10.1 Å². The molecule has 0 fully saturated rings. The Morgan fingerprint density at radius 3 is 2.92 bits per heavy atom. The molecule has 7 heteroatoms. The number of carbonyl (C=O) groups is 1. The maximum Gasteiger partial charge on any atom is 0.263 e. The third-order valence-corrected chi connectivity index (χ3v) is 4.43. The van der Waals surface area contributed by atoms with Gasteiger partial charge >= 0.3 is 0 Å². The van der Waals surface area contributed by atoms with E-state index in [1.165, 1.54) is 18.5 Å². The van der Waals surface area contributed by atoms with Crippen LogP contribution >= 0.6 is 0 Å². The van der Waals surface area contributed by atoms with Crippen LogP contribution < -0.4 is 4.90 Å². The standard InChI is InChI=1S/C17H16FN5O/c1-10-6-11(2)23-17(20-9-21-23)22(10)16(24)14-8-13(18)7-12-4-3-5-19-15(12)14/h3-5,7-11H,6H2,1-2H3/t10-,11+/m1/s1. The highest BCUT2D eigenvalue weighted by Crippen LogP contribution is 2.31. The zero-order chi connectivity index (χ0) is 16.8. The van der Waals surface area contributed by atoms with E-state index in [4.69, 9.17) is 0 Å². The minimum absolute atomic E-state index is 0.0637. The van der Waals surface area contributed by atoms with Gasteiger partial charge in [0.1, 0.15) is 12.1 Å². The molecule has 0 N–H and O–H groups in total. The Morgan fingerprint density at radius 2 is 2.08 bits per heavy atom. The fourth-order valence-corrected chi connectivity index (χ4v) is 3.36. The third kappa shape index (κ3) is 2.16. The summed E-state index contributed by atoms with van der Waals surface area (Å²) in [6.07, 6.45) is 3.79. The second-order valence-electron chi connectivity index (χ2n) is 6.14. The van der Waals surface area contributed by atoms with Crippen LogP contribution in [0.25, 0.3) is 10.9 Å². The van der Waals surface area contributed by atoms with Crippen LogP contribution in [-0.2, 0) is 0 Å². The molecule has 6 nitrogen and oxygen atoms in total. The molecule has 0 aliphatic carbocycles. The number of fused-ring (bicyclic) bond motifs is 2. The number of aromatic nitrogens is 4. The van der Waals surface area contributed by atoms with E-state index in [0.29, 0.717) is 16.9 Å². The summed E-state index contributed by atoms with van der Waals surface area (Å²) in [5, 5.41) is 4.80. The monoisotopic (exact) mass is 325 g/mol. The highest BCUT2D eigenvalue weighted by molar-refractivity contribution is 6.12. The van der Waals surface area contributed by atoms with Gasteiger partial charge in [-0.05, 0) is 38.5 Å². The van der Waals surface area contributed by atoms with Gasteiger partial charge in [0.15, 0.2) is 0 Å². The summed E-state index contributed by atoms with van der Waals surface area (Å²) in [7, 11) is 0. The smallest absolute Gasteiger partial charge is 0.263 e. The van der Waals surface area contributed by atoms with Gasteiger partial charge in [-0.15, -0.1) is 0 Å². The number of amides is 1. The van der Waals surface area contributed by atoms with Gasteiger partial charge in [-0.25, -0.2) is 9.07 Å². The lowest BCUT2D eigenvalue weighted by atomic mass is 10.0. The Kier molecular flexibility index (Phi) is 3.30. The van der Waals surface area contributed by atoms with Crippen molar-refractivity contribution in [2.45, 2.75) is 32.4 Å². The van der Waals surface area contributed by atoms with E-state index in [1.807, 2.05) is 13.8 Å². The van der Waals surface area contributed by atoms with Crippen LogP contribution in [0.3, 0.4) is 0 Å². The van der Waals surface area contributed by atoms with Crippen LogP contribution in [0.1, 0.15) is 36.7 Å². The molecule has 3 aromatic rings. The first kappa shape index (κ1) is 14.7. The van der Waals surface area contributed by atoms with E-state index < -0.39 is 5.82 Å².